The van der Waals surface area contributed by atoms with Gasteiger partial charge in [0, 0.05) is 0 Å². The maximum Gasteiger partial charge on any atom is 0.0693 e. The summed E-state index contributed by atoms with van der Waals surface area (Å²) < 4.78 is 0. The molecule has 0 fully saturated rings. The lowest BCUT2D eigenvalue weighted by atomic mass is 9.95. The molecule has 0 radical (unpaired) electrons. The largest absolute Gasteiger partial charge is 0.249 e. The van der Waals surface area contributed by atoms with Crippen molar-refractivity contribution < 1.29 is 0 Å². The van der Waals surface area contributed by atoms with Crippen molar-refractivity contribution in [1.29, 1.82) is 0 Å². The first-order valence-corrected chi connectivity index (χ1v) is 9.64. The number of nitrogens with zero attached hydrogens (tertiary/aromatic N) is 4. The molecule has 0 N–H and O–H groups in total. The molecule has 4 nitrogen and oxygen atoms in total. The van der Waals surface area contributed by atoms with E-state index < -0.39 is 0 Å². The number of aliphatic imine (C=N–C) groups is 4. The molecule has 5 aliphatic rings. The summed E-state index contributed by atoms with van der Waals surface area (Å²) in [6, 6.07) is 0. The lowest BCUT2D eigenvalue weighted by Crippen LogP contribution is -1.99. The van der Waals surface area contributed by atoms with E-state index >= 15 is 0 Å². The third kappa shape index (κ3) is 3.18. The molecule has 5 heterocycles. The van der Waals surface area contributed by atoms with Crippen LogP contribution in [-0.2, 0) is 0 Å². The van der Waals surface area contributed by atoms with Crippen molar-refractivity contribution in [3.63, 3.8) is 0 Å². The number of fused-ring (bicyclic) bond motifs is 4. The van der Waals surface area contributed by atoms with E-state index in [0.29, 0.717) is 5.92 Å². The van der Waals surface area contributed by atoms with E-state index in [0.717, 1.165) is 52.1 Å². The summed E-state index contributed by atoms with van der Waals surface area (Å²) in [7, 11) is 0. The van der Waals surface area contributed by atoms with E-state index in [1.807, 2.05) is 54.7 Å². The summed E-state index contributed by atoms with van der Waals surface area (Å²) in [5, 5.41) is 0. The standard InChI is InChI=1S/C24H20N4/c1-3-15(2)23-13-22-12-20-7-6-18(26-20)10-16-4-5-17(25-16)11-19-8-9-21(27-19)14-24(23)28-22/h4-15H,3H2,1-2H3. The highest BCUT2D eigenvalue weighted by molar-refractivity contribution is 6.15. The van der Waals surface area contributed by atoms with Crippen LogP contribution >= 0.6 is 0 Å². The molecule has 4 heteroatoms. The zero-order valence-corrected chi connectivity index (χ0v) is 15.9. The molecule has 1 unspecified atom stereocenters. The molecule has 0 amide bonds. The Morgan fingerprint density at radius 2 is 1.11 bits per heavy atom. The van der Waals surface area contributed by atoms with Crippen LogP contribution in [0.5, 0.6) is 0 Å². The molecule has 0 spiro atoms. The number of hydrogen-bond acceptors (Lipinski definition) is 4. The molecule has 1 atom stereocenters. The van der Waals surface area contributed by atoms with Crippen molar-refractivity contribution in [3.8, 4) is 0 Å². The zero-order valence-electron chi connectivity index (χ0n) is 15.9. The van der Waals surface area contributed by atoms with Gasteiger partial charge in [0.2, 0.25) is 0 Å². The molecule has 5 rings (SSSR count). The van der Waals surface area contributed by atoms with Crippen molar-refractivity contribution >= 4 is 22.8 Å². The fraction of sp³-hybridized carbons (Fsp3) is 0.167. The maximum atomic E-state index is 4.86. The van der Waals surface area contributed by atoms with Crippen LogP contribution in [0.3, 0.4) is 0 Å². The summed E-state index contributed by atoms with van der Waals surface area (Å²) in [5.74, 6) is 0.437. The van der Waals surface area contributed by atoms with Gasteiger partial charge < -0.3 is 0 Å². The van der Waals surface area contributed by atoms with Gasteiger partial charge in [-0.2, -0.15) is 0 Å². The molecule has 0 aromatic heterocycles. The van der Waals surface area contributed by atoms with Gasteiger partial charge >= 0.3 is 0 Å². The van der Waals surface area contributed by atoms with Crippen LogP contribution < -0.4 is 0 Å². The Bertz CT molecular complexity index is 1130. The van der Waals surface area contributed by atoms with Crippen LogP contribution in [-0.4, -0.2) is 22.8 Å². The summed E-state index contributed by atoms with van der Waals surface area (Å²) in [5.41, 5.74) is 8.60. The first kappa shape index (κ1) is 16.8. The van der Waals surface area contributed by atoms with Crippen LogP contribution in [0.4, 0.5) is 0 Å². The van der Waals surface area contributed by atoms with Crippen molar-refractivity contribution in [1.82, 2.24) is 0 Å². The van der Waals surface area contributed by atoms with Gasteiger partial charge in [-0.1, -0.05) is 13.8 Å². The van der Waals surface area contributed by atoms with Crippen LogP contribution in [0, 0.1) is 5.92 Å². The fourth-order valence-electron chi connectivity index (χ4n) is 3.53. The minimum absolute atomic E-state index is 0.437. The van der Waals surface area contributed by atoms with E-state index in [4.69, 9.17) is 9.98 Å². The van der Waals surface area contributed by atoms with Gasteiger partial charge in [-0.25, -0.2) is 20.0 Å². The van der Waals surface area contributed by atoms with E-state index in [9.17, 15) is 0 Å². The Kier molecular flexibility index (Phi) is 3.97. The Labute approximate surface area is 164 Å². The van der Waals surface area contributed by atoms with Crippen molar-refractivity contribution in [3.05, 3.63) is 95.2 Å². The molecule has 8 bridgehead atoms. The second-order valence-corrected chi connectivity index (χ2v) is 7.29. The molecular formula is C24H20N4. The van der Waals surface area contributed by atoms with Crippen LogP contribution in [0.15, 0.2) is 115 Å². The average Bonchev–Trinajstić information content (AvgIpc) is 3.45. The lowest BCUT2D eigenvalue weighted by Gasteiger charge is -2.10. The van der Waals surface area contributed by atoms with Crippen LogP contribution in [0.2, 0.25) is 0 Å². The molecule has 0 saturated heterocycles. The Balaban J connectivity index is 1.65. The monoisotopic (exact) mass is 364 g/mol. The Morgan fingerprint density at radius 3 is 1.64 bits per heavy atom. The Morgan fingerprint density at radius 1 is 0.607 bits per heavy atom. The second kappa shape index (κ2) is 6.64. The van der Waals surface area contributed by atoms with Gasteiger partial charge in [-0.15, -0.1) is 0 Å². The van der Waals surface area contributed by atoms with E-state index in [2.05, 4.69) is 36.0 Å². The molecule has 0 aromatic rings. The third-order valence-corrected chi connectivity index (χ3v) is 5.21. The quantitative estimate of drug-likeness (QED) is 0.662. The molecule has 0 saturated carbocycles. The first-order chi connectivity index (χ1) is 13.7. The van der Waals surface area contributed by atoms with Crippen molar-refractivity contribution in [2.75, 3.05) is 0 Å². The molecule has 28 heavy (non-hydrogen) atoms. The van der Waals surface area contributed by atoms with E-state index in [1.165, 1.54) is 5.57 Å². The SMILES string of the molecule is CCC(C)C1=CC2=NC1=CC1=NC(=CC3=NC(=CC4=NC(=C2)C=C4)C=C3)C=C1. The topological polar surface area (TPSA) is 49.4 Å². The Hall–Kier alpha value is -3.40. The highest BCUT2D eigenvalue weighted by Gasteiger charge is 2.20. The van der Waals surface area contributed by atoms with Crippen molar-refractivity contribution in [2.24, 2.45) is 25.9 Å². The highest BCUT2D eigenvalue weighted by Crippen LogP contribution is 2.30. The first-order valence-electron chi connectivity index (χ1n) is 9.64. The van der Waals surface area contributed by atoms with Gasteiger partial charge in [0.15, 0.2) is 0 Å². The van der Waals surface area contributed by atoms with Gasteiger partial charge in [-0.05, 0) is 84.7 Å². The van der Waals surface area contributed by atoms with Crippen molar-refractivity contribution in [2.45, 2.75) is 20.3 Å². The second-order valence-electron chi connectivity index (χ2n) is 7.29. The van der Waals surface area contributed by atoms with Gasteiger partial charge in [0.25, 0.3) is 0 Å². The van der Waals surface area contributed by atoms with Gasteiger partial charge in [0.1, 0.15) is 0 Å². The van der Waals surface area contributed by atoms with Crippen LogP contribution in [0.25, 0.3) is 0 Å². The predicted octanol–water partition coefficient (Wildman–Crippen LogP) is 5.00. The van der Waals surface area contributed by atoms with E-state index in [-0.39, 0.29) is 0 Å². The molecule has 0 aliphatic carbocycles. The fourth-order valence-corrected chi connectivity index (χ4v) is 3.53. The minimum Gasteiger partial charge on any atom is -0.249 e. The number of allylic oxidation sites excluding steroid dienone is 12. The molecule has 0 aromatic carbocycles. The predicted molar refractivity (Wildman–Crippen MR) is 117 cm³/mol. The summed E-state index contributed by atoms with van der Waals surface area (Å²) >= 11 is 0. The third-order valence-electron chi connectivity index (χ3n) is 5.21. The van der Waals surface area contributed by atoms with Crippen LogP contribution in [0.1, 0.15) is 20.3 Å². The average molecular weight is 364 g/mol. The zero-order chi connectivity index (χ0) is 19.1. The number of rotatable bonds is 2. The normalized spacial score (nSPS) is 22.7. The number of hydrogen-bond donors (Lipinski definition) is 0. The van der Waals surface area contributed by atoms with Gasteiger partial charge in [-0.3, -0.25) is 0 Å². The van der Waals surface area contributed by atoms with E-state index in [1.54, 1.807) is 0 Å². The highest BCUT2D eigenvalue weighted by atomic mass is 14.8. The maximum absolute atomic E-state index is 4.86. The molecular weight excluding hydrogens is 344 g/mol. The summed E-state index contributed by atoms with van der Waals surface area (Å²) in [6.07, 6.45) is 23.4. The summed E-state index contributed by atoms with van der Waals surface area (Å²) in [4.78, 5) is 18.9. The summed E-state index contributed by atoms with van der Waals surface area (Å²) in [6.45, 7) is 4.44. The smallest absolute Gasteiger partial charge is 0.0693 e. The lowest BCUT2D eigenvalue weighted by molar-refractivity contribution is 0.664. The minimum atomic E-state index is 0.437. The molecule has 136 valence electrons. The van der Waals surface area contributed by atoms with Gasteiger partial charge in [0.05, 0.1) is 45.6 Å². The molecule has 5 aliphatic heterocycles.